The molecule has 7 heteroatoms. The second-order valence-corrected chi connectivity index (χ2v) is 10.4. The van der Waals surface area contributed by atoms with Crippen molar-refractivity contribution in [3.05, 3.63) is 101 Å². The third-order valence-corrected chi connectivity index (χ3v) is 7.58. The van der Waals surface area contributed by atoms with E-state index < -0.39 is 17.7 Å². The maximum atomic E-state index is 13.4. The van der Waals surface area contributed by atoms with Gasteiger partial charge in [0.25, 0.3) is 11.7 Å². The van der Waals surface area contributed by atoms with Crippen LogP contribution in [-0.4, -0.2) is 47.1 Å². The molecule has 0 spiro atoms. The van der Waals surface area contributed by atoms with Gasteiger partial charge in [0.1, 0.15) is 30.0 Å². The number of amides is 1. The number of nitrogens with zero attached hydrogens (tertiary/aromatic N) is 1. The summed E-state index contributed by atoms with van der Waals surface area (Å²) < 4.78 is 17.5. The van der Waals surface area contributed by atoms with Crippen molar-refractivity contribution in [2.45, 2.75) is 51.0 Å². The van der Waals surface area contributed by atoms with E-state index in [1.165, 1.54) is 0 Å². The van der Waals surface area contributed by atoms with Crippen LogP contribution < -0.4 is 9.47 Å². The molecule has 39 heavy (non-hydrogen) atoms. The summed E-state index contributed by atoms with van der Waals surface area (Å²) >= 11 is 0. The zero-order chi connectivity index (χ0) is 26.9. The summed E-state index contributed by atoms with van der Waals surface area (Å²) in [6, 6.07) is 21.9. The quantitative estimate of drug-likeness (QED) is 0.260. The first-order chi connectivity index (χ1) is 19.0. The van der Waals surface area contributed by atoms with E-state index in [1.54, 1.807) is 11.0 Å². The normalized spacial score (nSPS) is 23.6. The van der Waals surface area contributed by atoms with Crippen molar-refractivity contribution >= 4 is 17.4 Å². The van der Waals surface area contributed by atoms with Crippen molar-refractivity contribution < 1.29 is 28.9 Å². The van der Waals surface area contributed by atoms with Gasteiger partial charge in [0, 0.05) is 25.1 Å². The maximum Gasteiger partial charge on any atom is 0.295 e. The third kappa shape index (κ3) is 5.02. The molecule has 2 saturated heterocycles. The molecule has 2 fully saturated rings. The lowest BCUT2D eigenvalue weighted by atomic mass is 9.94. The predicted octanol–water partition coefficient (Wildman–Crippen LogP) is 5.19. The average molecular weight is 526 g/mol. The zero-order valence-electron chi connectivity index (χ0n) is 21.8. The third-order valence-electron chi connectivity index (χ3n) is 7.58. The highest BCUT2D eigenvalue weighted by Crippen LogP contribution is 2.41. The molecular weight excluding hydrogens is 494 g/mol. The summed E-state index contributed by atoms with van der Waals surface area (Å²) in [5, 5.41) is 11.5. The van der Waals surface area contributed by atoms with Crippen LogP contribution in [0.15, 0.2) is 78.4 Å². The molecule has 1 amide bonds. The van der Waals surface area contributed by atoms with Gasteiger partial charge in [-0.2, -0.15) is 0 Å². The van der Waals surface area contributed by atoms with Gasteiger partial charge in [-0.25, -0.2) is 0 Å². The van der Waals surface area contributed by atoms with Gasteiger partial charge in [-0.15, -0.1) is 0 Å². The lowest BCUT2D eigenvalue weighted by molar-refractivity contribution is -0.140. The van der Waals surface area contributed by atoms with E-state index in [2.05, 4.69) is 0 Å². The maximum absolute atomic E-state index is 13.4. The number of rotatable bonds is 7. The van der Waals surface area contributed by atoms with Crippen LogP contribution in [0, 0.1) is 0 Å². The van der Waals surface area contributed by atoms with Gasteiger partial charge in [-0.3, -0.25) is 9.59 Å². The number of aliphatic hydroxyl groups excluding tert-OH is 1. The van der Waals surface area contributed by atoms with Crippen molar-refractivity contribution in [3.8, 4) is 11.5 Å². The summed E-state index contributed by atoms with van der Waals surface area (Å²) in [4.78, 5) is 28.3. The van der Waals surface area contributed by atoms with Gasteiger partial charge < -0.3 is 24.2 Å². The standard InChI is InChI=1S/C32H31NO6/c1-20-16-24-17-23(11-14-27(24)39-20)30(34)28-29(33(32(36)31(28)35)18-26-8-5-15-37-26)22-9-12-25(13-10-22)38-19-21-6-3-2-4-7-21/h2-4,6-7,9-14,17,20,26,29,34H,5,8,15-16,18-19H2,1H3/t20-,26+,29+/m1/s1. The Balaban J connectivity index is 1.34. The molecular formula is C32H31NO6. The van der Waals surface area contributed by atoms with Crippen LogP contribution in [0.2, 0.25) is 0 Å². The number of fused-ring (bicyclic) bond motifs is 1. The van der Waals surface area contributed by atoms with E-state index in [9.17, 15) is 14.7 Å². The molecule has 7 nitrogen and oxygen atoms in total. The predicted molar refractivity (Wildman–Crippen MR) is 145 cm³/mol. The summed E-state index contributed by atoms with van der Waals surface area (Å²) in [6.45, 7) is 3.35. The van der Waals surface area contributed by atoms with Crippen LogP contribution in [0.3, 0.4) is 0 Å². The Bertz CT molecular complexity index is 1410. The molecule has 0 unspecified atom stereocenters. The largest absolute Gasteiger partial charge is 0.507 e. The first kappa shape index (κ1) is 25.2. The molecule has 6 rings (SSSR count). The number of likely N-dealkylation sites (tertiary alicyclic amines) is 1. The highest BCUT2D eigenvalue weighted by atomic mass is 16.5. The van der Waals surface area contributed by atoms with Gasteiger partial charge in [0.2, 0.25) is 0 Å². The Morgan fingerprint density at radius 2 is 1.85 bits per heavy atom. The highest BCUT2D eigenvalue weighted by molar-refractivity contribution is 6.46. The fourth-order valence-corrected chi connectivity index (χ4v) is 5.63. The molecule has 3 heterocycles. The number of Topliss-reactive ketones (excluding diaryl/α,β-unsaturated/α-hetero) is 1. The zero-order valence-corrected chi connectivity index (χ0v) is 21.8. The highest BCUT2D eigenvalue weighted by Gasteiger charge is 2.47. The summed E-state index contributed by atoms with van der Waals surface area (Å²) in [6.07, 6.45) is 2.38. The average Bonchev–Trinajstić information content (AvgIpc) is 3.67. The SMILES string of the molecule is C[C@@H]1Cc2cc(C(O)=C3C(=O)C(=O)N(C[C@@H]4CCCO4)[C@H]3c3ccc(OCc4ccccc4)cc3)ccc2O1. The van der Waals surface area contributed by atoms with Crippen LogP contribution in [0.4, 0.5) is 0 Å². The minimum atomic E-state index is -0.735. The van der Waals surface area contributed by atoms with Crippen molar-refractivity contribution in [3.63, 3.8) is 0 Å². The number of aliphatic hydroxyl groups is 1. The molecule has 3 atom stereocenters. The Morgan fingerprint density at radius 1 is 1.05 bits per heavy atom. The first-order valence-electron chi connectivity index (χ1n) is 13.4. The van der Waals surface area contributed by atoms with Crippen LogP contribution >= 0.6 is 0 Å². The number of ketones is 1. The van der Waals surface area contributed by atoms with Crippen LogP contribution in [0.25, 0.3) is 5.76 Å². The number of hydrogen-bond donors (Lipinski definition) is 1. The monoisotopic (exact) mass is 525 g/mol. The summed E-state index contributed by atoms with van der Waals surface area (Å²) in [5.74, 6) is -0.0449. The number of carbonyl (C=O) groups excluding carboxylic acids is 2. The van der Waals surface area contributed by atoms with Crippen molar-refractivity contribution in [1.82, 2.24) is 4.90 Å². The lowest BCUT2D eigenvalue weighted by Crippen LogP contribution is -2.36. The van der Waals surface area contributed by atoms with E-state index in [0.717, 1.165) is 41.7 Å². The molecule has 3 aromatic carbocycles. The Labute approximate surface area is 227 Å². The van der Waals surface area contributed by atoms with E-state index in [0.29, 0.717) is 24.5 Å². The number of ether oxygens (including phenoxy) is 3. The Hall–Kier alpha value is -4.10. The molecule has 0 aliphatic carbocycles. The summed E-state index contributed by atoms with van der Waals surface area (Å²) in [7, 11) is 0. The van der Waals surface area contributed by atoms with Gasteiger partial charge >= 0.3 is 0 Å². The molecule has 0 aromatic heterocycles. The smallest absolute Gasteiger partial charge is 0.295 e. The number of hydrogen-bond acceptors (Lipinski definition) is 6. The second kappa shape index (κ2) is 10.6. The van der Waals surface area contributed by atoms with Crippen molar-refractivity contribution in [2.24, 2.45) is 0 Å². The molecule has 0 saturated carbocycles. The first-order valence-corrected chi connectivity index (χ1v) is 13.4. The summed E-state index contributed by atoms with van der Waals surface area (Å²) in [5.41, 5.74) is 3.33. The number of benzene rings is 3. The van der Waals surface area contributed by atoms with Crippen LogP contribution in [-0.2, 0) is 27.4 Å². The lowest BCUT2D eigenvalue weighted by Gasteiger charge is -2.27. The second-order valence-electron chi connectivity index (χ2n) is 10.4. The molecule has 0 radical (unpaired) electrons. The van der Waals surface area contributed by atoms with Crippen molar-refractivity contribution in [1.29, 1.82) is 0 Å². The van der Waals surface area contributed by atoms with Gasteiger partial charge in [0.15, 0.2) is 0 Å². The fourth-order valence-electron chi connectivity index (χ4n) is 5.63. The van der Waals surface area contributed by atoms with Crippen molar-refractivity contribution in [2.75, 3.05) is 13.2 Å². The molecule has 0 bridgehead atoms. The number of carbonyl (C=O) groups is 2. The molecule has 3 aliphatic heterocycles. The van der Waals surface area contributed by atoms with Crippen LogP contribution in [0.1, 0.15) is 48.1 Å². The molecule has 200 valence electrons. The molecule has 1 N–H and O–H groups in total. The van der Waals surface area contributed by atoms with E-state index >= 15 is 0 Å². The van der Waals surface area contributed by atoms with E-state index in [-0.39, 0.29) is 30.1 Å². The Kier molecular flexibility index (Phi) is 6.83. The van der Waals surface area contributed by atoms with Gasteiger partial charge in [-0.05, 0) is 66.8 Å². The van der Waals surface area contributed by atoms with E-state index in [1.807, 2.05) is 73.7 Å². The topological polar surface area (TPSA) is 85.3 Å². The minimum absolute atomic E-state index is 0.0528. The van der Waals surface area contributed by atoms with Gasteiger partial charge in [-0.1, -0.05) is 42.5 Å². The molecule has 3 aromatic rings. The minimum Gasteiger partial charge on any atom is -0.507 e. The molecule has 3 aliphatic rings. The Morgan fingerprint density at radius 3 is 2.59 bits per heavy atom. The van der Waals surface area contributed by atoms with Crippen LogP contribution in [0.5, 0.6) is 11.5 Å². The van der Waals surface area contributed by atoms with Gasteiger partial charge in [0.05, 0.1) is 17.7 Å². The fraction of sp³-hybridized carbons (Fsp3) is 0.312. The van der Waals surface area contributed by atoms with E-state index in [4.69, 9.17) is 14.2 Å².